The molecule has 3 rings (SSSR count). The van der Waals surface area contributed by atoms with Crippen molar-refractivity contribution in [3.05, 3.63) is 69.7 Å². The lowest BCUT2D eigenvalue weighted by Gasteiger charge is -2.33. The number of nitrogens with one attached hydrogen (secondary N) is 1. The third-order valence-corrected chi connectivity index (χ3v) is 5.69. The zero-order valence-corrected chi connectivity index (χ0v) is 18.4. The Morgan fingerprint density at radius 1 is 1.07 bits per heavy atom. The number of halogens is 1. The van der Waals surface area contributed by atoms with Crippen LogP contribution in [-0.2, 0) is 9.59 Å². The number of hydrogen-bond acceptors (Lipinski definition) is 3. The molecular weight excluding hydrogens is 430 g/mol. The van der Waals surface area contributed by atoms with E-state index in [4.69, 9.17) is 0 Å². The summed E-state index contributed by atoms with van der Waals surface area (Å²) in [5.74, 6) is -0.0162. The maximum atomic E-state index is 12.4. The first kappa shape index (κ1) is 21.3. The molecule has 5 nitrogen and oxygen atoms in total. The van der Waals surface area contributed by atoms with Crippen molar-refractivity contribution in [2.24, 2.45) is 0 Å². The van der Waals surface area contributed by atoms with Gasteiger partial charge in [-0.15, -0.1) is 0 Å². The fourth-order valence-electron chi connectivity index (χ4n) is 3.29. The topological polar surface area (TPSA) is 52.7 Å². The third kappa shape index (κ3) is 6.02. The summed E-state index contributed by atoms with van der Waals surface area (Å²) in [6, 6.07) is 13.7. The first-order valence-electron chi connectivity index (χ1n) is 9.73. The summed E-state index contributed by atoms with van der Waals surface area (Å²) in [5.41, 5.74) is 4.09. The van der Waals surface area contributed by atoms with Crippen LogP contribution in [0.25, 0.3) is 6.08 Å². The van der Waals surface area contributed by atoms with Crippen molar-refractivity contribution >= 4 is 39.5 Å². The number of amides is 2. The van der Waals surface area contributed by atoms with Gasteiger partial charge in [0.15, 0.2) is 0 Å². The van der Waals surface area contributed by atoms with Crippen molar-refractivity contribution < 1.29 is 9.59 Å². The number of nitrogens with zero attached hydrogens (tertiary/aromatic N) is 2. The largest absolute Gasteiger partial charge is 0.337 e. The van der Waals surface area contributed by atoms with Crippen molar-refractivity contribution in [1.82, 2.24) is 9.80 Å². The first-order chi connectivity index (χ1) is 13.9. The van der Waals surface area contributed by atoms with Crippen LogP contribution in [0.4, 0.5) is 5.69 Å². The molecule has 1 aliphatic heterocycles. The monoisotopic (exact) mass is 455 g/mol. The van der Waals surface area contributed by atoms with E-state index in [9.17, 15) is 9.59 Å². The molecule has 6 heteroatoms. The number of benzene rings is 2. The van der Waals surface area contributed by atoms with Gasteiger partial charge in [0.2, 0.25) is 11.8 Å². The van der Waals surface area contributed by atoms with Crippen LogP contribution < -0.4 is 5.32 Å². The average Bonchev–Trinajstić information content (AvgIpc) is 2.70. The SMILES string of the molecule is Cc1cccc(NC(=O)CN2CCN(C(=O)C=Cc3cccc(Br)c3)CC2)c1C. The Bertz CT molecular complexity index is 918. The van der Waals surface area contributed by atoms with Gasteiger partial charge in [0.05, 0.1) is 6.54 Å². The van der Waals surface area contributed by atoms with Gasteiger partial charge in [0, 0.05) is 42.4 Å². The number of carbonyl (C=O) groups is 2. The highest BCUT2D eigenvalue weighted by Crippen LogP contribution is 2.18. The molecule has 0 bridgehead atoms. The average molecular weight is 456 g/mol. The van der Waals surface area contributed by atoms with Gasteiger partial charge in [0.1, 0.15) is 0 Å². The Balaban J connectivity index is 1.46. The molecule has 1 fully saturated rings. The molecule has 2 aromatic rings. The second-order valence-electron chi connectivity index (χ2n) is 7.29. The number of hydrogen-bond donors (Lipinski definition) is 1. The van der Waals surface area contributed by atoms with Crippen LogP contribution >= 0.6 is 15.9 Å². The zero-order valence-electron chi connectivity index (χ0n) is 16.8. The van der Waals surface area contributed by atoms with Gasteiger partial charge in [0.25, 0.3) is 0 Å². The molecule has 0 unspecified atom stereocenters. The predicted octanol–water partition coefficient (Wildman–Crippen LogP) is 3.86. The fraction of sp³-hybridized carbons (Fsp3) is 0.304. The summed E-state index contributed by atoms with van der Waals surface area (Å²) in [6.45, 7) is 7.01. The summed E-state index contributed by atoms with van der Waals surface area (Å²) < 4.78 is 0.986. The lowest BCUT2D eigenvalue weighted by molar-refractivity contribution is -0.127. The minimum absolute atomic E-state index is 0.00413. The van der Waals surface area contributed by atoms with Gasteiger partial charge in [-0.3, -0.25) is 14.5 Å². The van der Waals surface area contributed by atoms with E-state index in [1.807, 2.05) is 67.3 Å². The van der Waals surface area contributed by atoms with Crippen LogP contribution in [0.15, 0.2) is 53.0 Å². The van der Waals surface area contributed by atoms with E-state index < -0.39 is 0 Å². The van der Waals surface area contributed by atoms with Crippen LogP contribution in [0, 0.1) is 13.8 Å². The molecule has 29 heavy (non-hydrogen) atoms. The van der Waals surface area contributed by atoms with Gasteiger partial charge < -0.3 is 10.2 Å². The Kier molecular flexibility index (Phi) is 7.23. The van der Waals surface area contributed by atoms with Gasteiger partial charge >= 0.3 is 0 Å². The van der Waals surface area contributed by atoms with E-state index in [2.05, 4.69) is 26.1 Å². The van der Waals surface area contributed by atoms with Crippen LogP contribution in [0.5, 0.6) is 0 Å². The standard InChI is InChI=1S/C23H26BrN3O2/c1-17-5-3-8-21(18(17)2)25-22(28)16-26-11-13-27(14-12-26)23(29)10-9-19-6-4-7-20(24)15-19/h3-10,15H,11-14,16H2,1-2H3,(H,25,28). The molecule has 2 amide bonds. The smallest absolute Gasteiger partial charge is 0.246 e. The molecule has 1 aliphatic rings. The molecular formula is C23H26BrN3O2. The molecule has 0 saturated carbocycles. The minimum atomic E-state index is -0.0203. The molecule has 0 aromatic heterocycles. The number of aryl methyl sites for hydroxylation is 1. The number of piperazine rings is 1. The number of anilines is 1. The number of rotatable bonds is 5. The lowest BCUT2D eigenvalue weighted by atomic mass is 10.1. The Hall–Kier alpha value is -2.44. The quantitative estimate of drug-likeness (QED) is 0.696. The van der Waals surface area contributed by atoms with E-state index in [-0.39, 0.29) is 11.8 Å². The molecule has 1 saturated heterocycles. The maximum Gasteiger partial charge on any atom is 0.246 e. The lowest BCUT2D eigenvalue weighted by Crippen LogP contribution is -2.50. The summed E-state index contributed by atoms with van der Waals surface area (Å²) in [7, 11) is 0. The molecule has 152 valence electrons. The first-order valence-corrected chi connectivity index (χ1v) is 10.5. The van der Waals surface area contributed by atoms with E-state index >= 15 is 0 Å². The van der Waals surface area contributed by atoms with Gasteiger partial charge in [-0.1, -0.05) is 40.2 Å². The second kappa shape index (κ2) is 9.85. The van der Waals surface area contributed by atoms with Crippen LogP contribution in [0.2, 0.25) is 0 Å². The molecule has 0 radical (unpaired) electrons. The molecule has 0 atom stereocenters. The highest BCUT2D eigenvalue weighted by atomic mass is 79.9. The van der Waals surface area contributed by atoms with Gasteiger partial charge in [-0.2, -0.15) is 0 Å². The normalized spacial score (nSPS) is 14.9. The van der Waals surface area contributed by atoms with E-state index in [1.165, 1.54) is 0 Å². The fourth-order valence-corrected chi connectivity index (χ4v) is 3.71. The predicted molar refractivity (Wildman–Crippen MR) is 121 cm³/mol. The van der Waals surface area contributed by atoms with E-state index in [0.29, 0.717) is 32.7 Å². The van der Waals surface area contributed by atoms with E-state index in [1.54, 1.807) is 6.08 Å². The van der Waals surface area contributed by atoms with Gasteiger partial charge in [-0.25, -0.2) is 0 Å². The van der Waals surface area contributed by atoms with Crippen molar-refractivity contribution in [2.45, 2.75) is 13.8 Å². The Morgan fingerprint density at radius 3 is 2.52 bits per heavy atom. The van der Waals surface area contributed by atoms with Crippen LogP contribution in [-0.4, -0.2) is 54.3 Å². The van der Waals surface area contributed by atoms with Crippen molar-refractivity contribution in [3.8, 4) is 0 Å². The molecule has 0 spiro atoms. The summed E-state index contributed by atoms with van der Waals surface area (Å²) in [5, 5.41) is 3.00. The number of carbonyl (C=O) groups excluding carboxylic acids is 2. The molecule has 2 aromatic carbocycles. The summed E-state index contributed by atoms with van der Waals surface area (Å²) >= 11 is 3.43. The maximum absolute atomic E-state index is 12.4. The van der Waals surface area contributed by atoms with Crippen molar-refractivity contribution in [3.63, 3.8) is 0 Å². The summed E-state index contributed by atoms with van der Waals surface area (Å²) in [6.07, 6.45) is 3.45. The summed E-state index contributed by atoms with van der Waals surface area (Å²) in [4.78, 5) is 28.7. The van der Waals surface area contributed by atoms with Crippen molar-refractivity contribution in [1.29, 1.82) is 0 Å². The molecule has 1 N–H and O–H groups in total. The van der Waals surface area contributed by atoms with Crippen LogP contribution in [0.1, 0.15) is 16.7 Å². The second-order valence-corrected chi connectivity index (χ2v) is 8.20. The Labute approximate surface area is 180 Å². The Morgan fingerprint density at radius 2 is 1.79 bits per heavy atom. The van der Waals surface area contributed by atoms with Gasteiger partial charge in [-0.05, 0) is 54.8 Å². The molecule has 1 heterocycles. The minimum Gasteiger partial charge on any atom is -0.337 e. The highest BCUT2D eigenvalue weighted by molar-refractivity contribution is 9.10. The van der Waals surface area contributed by atoms with Crippen LogP contribution in [0.3, 0.4) is 0 Å². The van der Waals surface area contributed by atoms with E-state index in [0.717, 1.165) is 26.9 Å². The van der Waals surface area contributed by atoms with Crippen molar-refractivity contribution in [2.75, 3.05) is 38.0 Å². The highest BCUT2D eigenvalue weighted by Gasteiger charge is 2.21. The zero-order chi connectivity index (χ0) is 20.8. The molecule has 0 aliphatic carbocycles. The third-order valence-electron chi connectivity index (χ3n) is 5.20.